The molecule has 0 atom stereocenters. The Bertz CT molecular complexity index is 1460. The third-order valence-electron chi connectivity index (χ3n) is 6.03. The van der Waals surface area contributed by atoms with Crippen LogP contribution in [-0.2, 0) is 20.1 Å². The van der Waals surface area contributed by atoms with Crippen LogP contribution in [0.4, 0.5) is 11.6 Å². The fourth-order valence-corrected chi connectivity index (χ4v) is 4.39. The van der Waals surface area contributed by atoms with Crippen LogP contribution in [-0.4, -0.2) is 25.2 Å². The van der Waals surface area contributed by atoms with Crippen LogP contribution in [0.25, 0.3) is 11.2 Å². The summed E-state index contributed by atoms with van der Waals surface area (Å²) in [4.78, 5) is 33.2. The van der Waals surface area contributed by atoms with Gasteiger partial charge in [0.15, 0.2) is 11.2 Å². The molecule has 2 aromatic carbocycles. The molecule has 5 rings (SSSR count). The first-order valence-corrected chi connectivity index (χ1v) is 10.5. The van der Waals surface area contributed by atoms with E-state index in [0.29, 0.717) is 28.7 Å². The van der Waals surface area contributed by atoms with Gasteiger partial charge in [-0.05, 0) is 54.8 Å². The second kappa shape index (κ2) is 7.13. The number of hydrogen-bond donors (Lipinski definition) is 0. The number of halogens is 1. The van der Waals surface area contributed by atoms with E-state index in [1.54, 1.807) is 19.2 Å². The number of nitrogens with zero attached hydrogens (tertiary/aromatic N) is 5. The monoisotopic (exact) mass is 435 g/mol. The topological polar surface area (TPSA) is 65.1 Å². The highest BCUT2D eigenvalue weighted by atomic mass is 35.5. The maximum absolute atomic E-state index is 13.4. The maximum atomic E-state index is 13.4. The minimum atomic E-state index is -0.396. The highest BCUT2D eigenvalue weighted by Gasteiger charge is 2.28. The zero-order valence-electron chi connectivity index (χ0n) is 17.6. The second-order valence-electron chi connectivity index (χ2n) is 8.02. The van der Waals surface area contributed by atoms with Gasteiger partial charge in [-0.15, -0.1) is 0 Å². The summed E-state index contributed by atoms with van der Waals surface area (Å²) in [6.07, 6.45) is 0. The summed E-state index contributed by atoms with van der Waals surface area (Å²) in [5.41, 5.74) is 4.37. The Morgan fingerprint density at radius 3 is 2.58 bits per heavy atom. The first kappa shape index (κ1) is 19.6. The van der Waals surface area contributed by atoms with Crippen molar-refractivity contribution in [3.63, 3.8) is 0 Å². The molecule has 0 radical (unpaired) electrons. The predicted molar refractivity (Wildman–Crippen MR) is 123 cm³/mol. The molecule has 0 bridgehead atoms. The van der Waals surface area contributed by atoms with Crippen LogP contribution in [0.2, 0.25) is 5.02 Å². The molecule has 0 unspecified atom stereocenters. The third kappa shape index (κ3) is 3.08. The lowest BCUT2D eigenvalue weighted by molar-refractivity contribution is 0.652. The van der Waals surface area contributed by atoms with Crippen LogP contribution in [0.15, 0.2) is 52.1 Å². The van der Waals surface area contributed by atoms with Crippen LogP contribution in [0.1, 0.15) is 16.7 Å². The highest BCUT2D eigenvalue weighted by Crippen LogP contribution is 2.32. The van der Waals surface area contributed by atoms with Crippen molar-refractivity contribution < 1.29 is 0 Å². The molecule has 158 valence electrons. The summed E-state index contributed by atoms with van der Waals surface area (Å²) in [6, 6.07) is 13.5. The van der Waals surface area contributed by atoms with Crippen molar-refractivity contribution in [2.24, 2.45) is 7.05 Å². The van der Waals surface area contributed by atoms with Gasteiger partial charge in [0.1, 0.15) is 0 Å². The van der Waals surface area contributed by atoms with Gasteiger partial charge in [0.25, 0.3) is 5.56 Å². The largest absolute Gasteiger partial charge is 0.332 e. The van der Waals surface area contributed by atoms with Crippen molar-refractivity contribution in [1.29, 1.82) is 0 Å². The molecule has 3 heterocycles. The Labute approximate surface area is 183 Å². The number of imidazole rings is 1. The lowest BCUT2D eigenvalue weighted by Gasteiger charge is -2.17. The van der Waals surface area contributed by atoms with E-state index < -0.39 is 5.69 Å². The molecule has 0 N–H and O–H groups in total. The number of rotatable bonds is 3. The van der Waals surface area contributed by atoms with Crippen molar-refractivity contribution in [1.82, 2.24) is 18.7 Å². The van der Waals surface area contributed by atoms with E-state index in [1.165, 1.54) is 20.3 Å². The molecule has 0 aliphatic carbocycles. The van der Waals surface area contributed by atoms with Crippen molar-refractivity contribution in [3.8, 4) is 0 Å². The van der Waals surface area contributed by atoms with Crippen LogP contribution in [0.5, 0.6) is 0 Å². The van der Waals surface area contributed by atoms with Crippen LogP contribution in [0.3, 0.4) is 0 Å². The molecular weight excluding hydrogens is 414 g/mol. The molecule has 2 aromatic heterocycles. The van der Waals surface area contributed by atoms with Crippen molar-refractivity contribution >= 4 is 34.4 Å². The molecule has 0 fully saturated rings. The molecule has 0 saturated heterocycles. The van der Waals surface area contributed by atoms with Crippen LogP contribution >= 0.6 is 11.6 Å². The zero-order chi connectivity index (χ0) is 21.9. The molecule has 8 heteroatoms. The van der Waals surface area contributed by atoms with Crippen LogP contribution in [0, 0.1) is 13.8 Å². The highest BCUT2D eigenvalue weighted by molar-refractivity contribution is 6.30. The minimum Gasteiger partial charge on any atom is -0.310 e. The summed E-state index contributed by atoms with van der Waals surface area (Å²) < 4.78 is 4.62. The fraction of sp³-hybridized carbons (Fsp3) is 0.261. The molecule has 0 saturated carbocycles. The standard InChI is InChI=1S/C23H22ClN5O2/c1-14-7-8-18(11-15(14)2)27-9-10-28-19-20(25-22(27)28)26(3)23(31)29(21(19)30)13-16-5-4-6-17(24)12-16/h4-8,11-12H,9-10,13H2,1-3H3. The first-order chi connectivity index (χ1) is 14.8. The van der Waals surface area contributed by atoms with E-state index in [0.717, 1.165) is 17.8 Å². The summed E-state index contributed by atoms with van der Waals surface area (Å²) >= 11 is 6.08. The lowest BCUT2D eigenvalue weighted by Crippen LogP contribution is -2.40. The predicted octanol–water partition coefficient (Wildman–Crippen LogP) is 3.37. The Hall–Kier alpha value is -3.32. The average Bonchev–Trinajstić information content (AvgIpc) is 3.31. The van der Waals surface area contributed by atoms with Crippen molar-refractivity contribution in [2.45, 2.75) is 26.9 Å². The van der Waals surface area contributed by atoms with Gasteiger partial charge in [-0.25, -0.2) is 4.79 Å². The number of hydrogen-bond acceptors (Lipinski definition) is 4. The summed E-state index contributed by atoms with van der Waals surface area (Å²) in [7, 11) is 1.65. The minimum absolute atomic E-state index is 0.156. The molecule has 4 aromatic rings. The van der Waals surface area contributed by atoms with E-state index in [4.69, 9.17) is 16.6 Å². The van der Waals surface area contributed by atoms with Gasteiger partial charge < -0.3 is 9.47 Å². The third-order valence-corrected chi connectivity index (χ3v) is 6.27. The lowest BCUT2D eigenvalue weighted by atomic mass is 10.1. The Balaban J connectivity index is 1.67. The molecule has 0 amide bonds. The molecule has 1 aliphatic heterocycles. The average molecular weight is 436 g/mol. The normalized spacial score (nSPS) is 13.2. The molecule has 1 aliphatic rings. The number of benzene rings is 2. The van der Waals surface area contributed by atoms with Gasteiger partial charge in [-0.2, -0.15) is 4.98 Å². The number of aromatic nitrogens is 4. The smallest absolute Gasteiger partial charge is 0.310 e. The molecular formula is C23H22ClN5O2. The zero-order valence-corrected chi connectivity index (χ0v) is 18.3. The van der Waals surface area contributed by atoms with Gasteiger partial charge >= 0.3 is 5.69 Å². The SMILES string of the molecule is Cc1ccc(N2CCn3c2nc2c3c(=O)n(Cc3cccc(Cl)c3)c(=O)n2C)cc1C. The number of anilines is 2. The summed E-state index contributed by atoms with van der Waals surface area (Å²) in [5.74, 6) is 0.686. The van der Waals surface area contributed by atoms with Crippen molar-refractivity contribution in [3.05, 3.63) is 85.0 Å². The second-order valence-corrected chi connectivity index (χ2v) is 8.46. The van der Waals surface area contributed by atoms with Gasteiger partial charge in [0.2, 0.25) is 5.95 Å². The Morgan fingerprint density at radius 1 is 1.03 bits per heavy atom. The molecule has 31 heavy (non-hydrogen) atoms. The molecule has 7 nitrogen and oxygen atoms in total. The Kier molecular flexibility index (Phi) is 4.51. The fourth-order valence-electron chi connectivity index (χ4n) is 4.17. The molecule has 0 spiro atoms. The van der Waals surface area contributed by atoms with E-state index in [-0.39, 0.29) is 12.1 Å². The van der Waals surface area contributed by atoms with Crippen LogP contribution < -0.4 is 16.1 Å². The van der Waals surface area contributed by atoms with Gasteiger partial charge in [-0.3, -0.25) is 13.9 Å². The van der Waals surface area contributed by atoms with Crippen molar-refractivity contribution in [2.75, 3.05) is 11.4 Å². The van der Waals surface area contributed by atoms with Gasteiger partial charge in [0.05, 0.1) is 6.54 Å². The summed E-state index contributed by atoms with van der Waals surface area (Å²) in [6.45, 7) is 5.66. The van der Waals surface area contributed by atoms with E-state index in [2.05, 4.69) is 36.9 Å². The van der Waals surface area contributed by atoms with E-state index in [9.17, 15) is 9.59 Å². The summed E-state index contributed by atoms with van der Waals surface area (Å²) in [5, 5.41) is 0.567. The van der Waals surface area contributed by atoms with E-state index >= 15 is 0 Å². The number of aryl methyl sites for hydroxylation is 3. The van der Waals surface area contributed by atoms with Gasteiger partial charge in [0, 0.05) is 30.8 Å². The Morgan fingerprint density at radius 2 is 1.84 bits per heavy atom. The maximum Gasteiger partial charge on any atom is 0.332 e. The first-order valence-electron chi connectivity index (χ1n) is 10.1. The van der Waals surface area contributed by atoms with Gasteiger partial charge in [-0.1, -0.05) is 29.8 Å². The quantitative estimate of drug-likeness (QED) is 0.495. The van der Waals surface area contributed by atoms with E-state index in [1.807, 2.05) is 16.7 Å². The number of fused-ring (bicyclic) bond motifs is 3.